The fourth-order valence-electron chi connectivity index (χ4n) is 0.718. The Kier molecular flexibility index (Phi) is 3.59. The minimum Gasteiger partial charge on any atom is -0.396 e. The Morgan fingerprint density at radius 1 is 1.71 bits per heavy atom. The minimum atomic E-state index is -0.784. The van der Waals surface area contributed by atoms with E-state index in [-0.39, 0.29) is 6.54 Å². The second-order valence-corrected chi connectivity index (χ2v) is 2.27. The van der Waals surface area contributed by atoms with Gasteiger partial charge in [-0.3, -0.25) is 14.2 Å². The van der Waals surface area contributed by atoms with Gasteiger partial charge in [0, 0.05) is 0 Å². The summed E-state index contributed by atoms with van der Waals surface area (Å²) in [7, 11) is 0. The molecule has 0 saturated carbocycles. The Balaban J connectivity index is 2.73. The Morgan fingerprint density at radius 3 is 3.21 bits per heavy atom. The lowest BCUT2D eigenvalue weighted by atomic mass is 10.6. The molecule has 14 heavy (non-hydrogen) atoms. The van der Waals surface area contributed by atoms with Gasteiger partial charge in [0.05, 0.1) is 12.8 Å². The van der Waals surface area contributed by atoms with E-state index in [1.807, 2.05) is 5.10 Å². The quantitative estimate of drug-likeness (QED) is 0.371. The molecular formula is C7H9N4O3. The van der Waals surface area contributed by atoms with Crippen LogP contribution >= 0.6 is 0 Å². The lowest BCUT2D eigenvalue weighted by molar-refractivity contribution is 0.159. The molecule has 1 aromatic heterocycles. The van der Waals surface area contributed by atoms with Crippen LogP contribution in [0.15, 0.2) is 14.7 Å². The molecule has 1 N–H and O–H groups in total. The van der Waals surface area contributed by atoms with Gasteiger partial charge in [-0.2, -0.15) is 5.10 Å². The third-order valence-electron chi connectivity index (χ3n) is 1.31. The van der Waals surface area contributed by atoms with Crippen molar-refractivity contribution in [2.24, 2.45) is 5.16 Å². The van der Waals surface area contributed by atoms with Crippen molar-refractivity contribution in [1.29, 1.82) is 0 Å². The molecule has 0 atom stereocenters. The summed E-state index contributed by atoms with van der Waals surface area (Å²) < 4.78 is 1.00. The van der Waals surface area contributed by atoms with E-state index in [4.69, 9.17) is 0 Å². The highest BCUT2D eigenvalue weighted by Gasteiger charge is 1.98. The first-order valence-corrected chi connectivity index (χ1v) is 3.96. The van der Waals surface area contributed by atoms with Crippen LogP contribution in [0.1, 0.15) is 6.92 Å². The van der Waals surface area contributed by atoms with Crippen LogP contribution in [0.4, 0.5) is 0 Å². The average Bonchev–Trinajstić information content (AvgIpc) is 2.19. The molecule has 1 heterocycles. The summed E-state index contributed by atoms with van der Waals surface area (Å²) in [5, 5.41) is 8.82. The second kappa shape index (κ2) is 4.95. The number of hydrogen-bond acceptors (Lipinski definition) is 5. The summed E-state index contributed by atoms with van der Waals surface area (Å²) in [4.78, 5) is 26.5. The monoisotopic (exact) mass is 197 g/mol. The van der Waals surface area contributed by atoms with Gasteiger partial charge < -0.3 is 4.84 Å². The lowest BCUT2D eigenvalue weighted by Gasteiger charge is -1.96. The molecule has 1 rings (SSSR count). The van der Waals surface area contributed by atoms with Crippen molar-refractivity contribution in [3.05, 3.63) is 27.0 Å². The zero-order valence-electron chi connectivity index (χ0n) is 7.56. The minimum absolute atomic E-state index is 0.107. The predicted octanol–water partition coefficient (Wildman–Crippen LogP) is -1.25. The SMILES string of the molecule is CCON=CCn1[c]n[nH]c(=O)c1=O. The van der Waals surface area contributed by atoms with E-state index in [9.17, 15) is 9.59 Å². The topological polar surface area (TPSA) is 89.3 Å². The summed E-state index contributed by atoms with van der Waals surface area (Å²) >= 11 is 0. The first kappa shape index (κ1) is 10.2. The molecule has 0 saturated heterocycles. The highest BCUT2D eigenvalue weighted by Crippen LogP contribution is 1.74. The van der Waals surface area contributed by atoms with Crippen molar-refractivity contribution in [3.63, 3.8) is 0 Å². The van der Waals surface area contributed by atoms with Crippen molar-refractivity contribution in [2.75, 3.05) is 6.61 Å². The van der Waals surface area contributed by atoms with Crippen LogP contribution in [0.2, 0.25) is 0 Å². The fraction of sp³-hybridized carbons (Fsp3) is 0.429. The number of nitrogens with zero attached hydrogens (tertiary/aromatic N) is 3. The average molecular weight is 197 g/mol. The normalized spacial score (nSPS) is 10.6. The number of nitrogens with one attached hydrogen (secondary N) is 1. The Hall–Kier alpha value is -1.92. The molecule has 7 nitrogen and oxygen atoms in total. The maximum Gasteiger partial charge on any atom is 0.330 e. The van der Waals surface area contributed by atoms with Gasteiger partial charge >= 0.3 is 11.1 Å². The van der Waals surface area contributed by atoms with Gasteiger partial charge in [0.1, 0.15) is 6.61 Å². The third-order valence-corrected chi connectivity index (χ3v) is 1.31. The molecule has 75 valence electrons. The number of H-pyrrole nitrogens is 1. The zero-order valence-corrected chi connectivity index (χ0v) is 7.56. The molecule has 0 bridgehead atoms. The van der Waals surface area contributed by atoms with Crippen LogP contribution in [0.5, 0.6) is 0 Å². The van der Waals surface area contributed by atoms with Crippen molar-refractivity contribution >= 4 is 6.21 Å². The number of oxime groups is 1. The highest BCUT2D eigenvalue weighted by atomic mass is 16.6. The second-order valence-electron chi connectivity index (χ2n) is 2.27. The first-order chi connectivity index (χ1) is 6.75. The van der Waals surface area contributed by atoms with E-state index >= 15 is 0 Å². The maximum absolute atomic E-state index is 11.1. The van der Waals surface area contributed by atoms with Crippen molar-refractivity contribution in [1.82, 2.24) is 14.8 Å². The van der Waals surface area contributed by atoms with Gasteiger partial charge in [-0.25, -0.2) is 5.10 Å². The molecule has 0 unspecified atom stereocenters. The molecule has 0 spiro atoms. The zero-order chi connectivity index (χ0) is 10.4. The first-order valence-electron chi connectivity index (χ1n) is 3.96. The van der Waals surface area contributed by atoms with Gasteiger partial charge in [0.2, 0.25) is 6.33 Å². The van der Waals surface area contributed by atoms with Crippen LogP contribution in [-0.2, 0) is 11.4 Å². The molecule has 0 aliphatic rings. The van der Waals surface area contributed by atoms with Crippen LogP contribution in [-0.4, -0.2) is 27.6 Å². The summed E-state index contributed by atoms with van der Waals surface area (Å²) in [5.41, 5.74) is -1.50. The van der Waals surface area contributed by atoms with Crippen LogP contribution in [0, 0.1) is 6.33 Å². The van der Waals surface area contributed by atoms with E-state index < -0.39 is 11.1 Å². The number of rotatable bonds is 4. The predicted molar refractivity (Wildman–Crippen MR) is 48.1 cm³/mol. The number of hydrogen-bond donors (Lipinski definition) is 1. The summed E-state index contributed by atoms with van der Waals surface area (Å²) in [6.07, 6.45) is 3.66. The Bertz CT molecular complexity index is 419. The van der Waals surface area contributed by atoms with E-state index in [2.05, 4.69) is 21.4 Å². The number of aromatic nitrogens is 3. The van der Waals surface area contributed by atoms with Crippen molar-refractivity contribution in [3.8, 4) is 0 Å². The molecule has 0 amide bonds. The van der Waals surface area contributed by atoms with Gasteiger partial charge in [-0.05, 0) is 6.92 Å². The smallest absolute Gasteiger partial charge is 0.330 e. The lowest BCUT2D eigenvalue weighted by Crippen LogP contribution is -2.37. The van der Waals surface area contributed by atoms with Crippen molar-refractivity contribution in [2.45, 2.75) is 13.5 Å². The van der Waals surface area contributed by atoms with E-state index in [1.165, 1.54) is 6.21 Å². The molecule has 1 radical (unpaired) electrons. The van der Waals surface area contributed by atoms with Crippen LogP contribution in [0.3, 0.4) is 0 Å². The van der Waals surface area contributed by atoms with Gasteiger partial charge in [0.25, 0.3) is 0 Å². The highest BCUT2D eigenvalue weighted by molar-refractivity contribution is 5.55. The molecule has 0 aromatic carbocycles. The molecule has 7 heteroatoms. The van der Waals surface area contributed by atoms with Crippen LogP contribution in [0.25, 0.3) is 0 Å². The van der Waals surface area contributed by atoms with Crippen molar-refractivity contribution < 1.29 is 4.84 Å². The van der Waals surface area contributed by atoms with Gasteiger partial charge in [0.15, 0.2) is 0 Å². The van der Waals surface area contributed by atoms with Gasteiger partial charge in [-0.1, -0.05) is 5.16 Å². The van der Waals surface area contributed by atoms with E-state index in [1.54, 1.807) is 6.92 Å². The molecule has 0 aliphatic carbocycles. The maximum atomic E-state index is 11.1. The Morgan fingerprint density at radius 2 is 2.50 bits per heavy atom. The van der Waals surface area contributed by atoms with Crippen LogP contribution < -0.4 is 11.1 Å². The fourth-order valence-corrected chi connectivity index (χ4v) is 0.718. The number of aromatic amines is 1. The summed E-state index contributed by atoms with van der Waals surface area (Å²) in [6, 6.07) is 0. The molecule has 0 aliphatic heterocycles. The summed E-state index contributed by atoms with van der Waals surface area (Å²) in [5.74, 6) is 0. The van der Waals surface area contributed by atoms with E-state index in [0.29, 0.717) is 6.61 Å². The molecule has 1 aromatic rings. The Labute approximate surface area is 79.0 Å². The molecular weight excluding hydrogens is 188 g/mol. The molecule has 0 fully saturated rings. The van der Waals surface area contributed by atoms with E-state index in [0.717, 1.165) is 4.57 Å². The van der Waals surface area contributed by atoms with Gasteiger partial charge in [-0.15, -0.1) is 0 Å². The largest absolute Gasteiger partial charge is 0.396 e. The third kappa shape index (κ3) is 2.54. The summed E-state index contributed by atoms with van der Waals surface area (Å²) in [6.45, 7) is 2.34. The standard InChI is InChI=1S/C7H9N4O3/c1-2-14-9-3-4-11-5-8-10-6(12)7(11)13/h3H,2,4H2,1H3,(H,10,12).